The Labute approximate surface area is 110 Å². The molecule has 0 heterocycles. The van der Waals surface area contributed by atoms with Gasteiger partial charge in [-0.2, -0.15) is 0 Å². The van der Waals surface area contributed by atoms with E-state index < -0.39 is 11.8 Å². The highest BCUT2D eigenvalue weighted by molar-refractivity contribution is 5.90. The summed E-state index contributed by atoms with van der Waals surface area (Å²) >= 11 is 0. The molecule has 98 valence electrons. The normalized spacial score (nSPS) is 10.3. The molecule has 0 bridgehead atoms. The molecule has 1 N–H and O–H groups in total. The van der Waals surface area contributed by atoms with Gasteiger partial charge in [0.1, 0.15) is 11.6 Å². The van der Waals surface area contributed by atoms with Crippen LogP contribution in [0.15, 0.2) is 36.4 Å². The molecule has 0 unspecified atom stereocenters. The number of methoxy groups -OCH3 is 1. The van der Waals surface area contributed by atoms with E-state index in [0.717, 1.165) is 11.6 Å². The number of carbonyl (C=O) groups is 1. The van der Waals surface area contributed by atoms with Crippen molar-refractivity contribution in [3.63, 3.8) is 0 Å². The second-order valence-corrected chi connectivity index (χ2v) is 4.17. The van der Waals surface area contributed by atoms with Crippen molar-refractivity contribution < 1.29 is 19.0 Å². The van der Waals surface area contributed by atoms with Crippen molar-refractivity contribution in [1.29, 1.82) is 0 Å². The quantitative estimate of drug-likeness (QED) is 0.918. The molecule has 2 aromatic carbocycles. The Bertz CT molecular complexity index is 635. The van der Waals surface area contributed by atoms with E-state index in [4.69, 9.17) is 9.84 Å². The fourth-order valence-electron chi connectivity index (χ4n) is 1.89. The first-order valence-electron chi connectivity index (χ1n) is 5.71. The summed E-state index contributed by atoms with van der Waals surface area (Å²) in [4.78, 5) is 11.0. The predicted molar refractivity (Wildman–Crippen MR) is 70.1 cm³/mol. The van der Waals surface area contributed by atoms with E-state index in [0.29, 0.717) is 16.9 Å². The van der Waals surface area contributed by atoms with Gasteiger partial charge in [-0.15, -0.1) is 0 Å². The zero-order valence-corrected chi connectivity index (χ0v) is 10.6. The number of benzene rings is 2. The highest BCUT2D eigenvalue weighted by Gasteiger charge is 2.13. The van der Waals surface area contributed by atoms with E-state index in [-0.39, 0.29) is 5.56 Å². The van der Waals surface area contributed by atoms with Gasteiger partial charge in [-0.05, 0) is 47.9 Å². The third-order valence-electron chi connectivity index (χ3n) is 2.97. The Hall–Kier alpha value is -2.36. The first-order chi connectivity index (χ1) is 9.02. The Morgan fingerprint density at radius 2 is 2.00 bits per heavy atom. The molecule has 0 saturated heterocycles. The largest absolute Gasteiger partial charge is 0.497 e. The summed E-state index contributed by atoms with van der Waals surface area (Å²) in [6, 6.07) is 9.58. The van der Waals surface area contributed by atoms with Crippen LogP contribution in [0.4, 0.5) is 4.39 Å². The third kappa shape index (κ3) is 2.57. The minimum Gasteiger partial charge on any atom is -0.497 e. The second kappa shape index (κ2) is 5.10. The molecular formula is C15H13FO3. The maximum Gasteiger partial charge on any atom is 0.335 e. The van der Waals surface area contributed by atoms with Crippen LogP contribution in [0, 0.1) is 12.7 Å². The zero-order chi connectivity index (χ0) is 14.0. The zero-order valence-electron chi connectivity index (χ0n) is 10.6. The Balaban J connectivity index is 2.63. The van der Waals surface area contributed by atoms with Crippen LogP contribution in [0.2, 0.25) is 0 Å². The van der Waals surface area contributed by atoms with Crippen molar-refractivity contribution in [2.45, 2.75) is 6.92 Å². The summed E-state index contributed by atoms with van der Waals surface area (Å²) in [5.74, 6) is -1.04. The van der Waals surface area contributed by atoms with Crippen LogP contribution in [0.5, 0.6) is 5.75 Å². The SMILES string of the molecule is COc1cccc(-c2cc(C(=O)O)cc(F)c2C)c1. The Morgan fingerprint density at radius 3 is 2.63 bits per heavy atom. The van der Waals surface area contributed by atoms with E-state index in [2.05, 4.69) is 0 Å². The summed E-state index contributed by atoms with van der Waals surface area (Å²) in [6.07, 6.45) is 0. The molecule has 19 heavy (non-hydrogen) atoms. The molecular weight excluding hydrogens is 247 g/mol. The smallest absolute Gasteiger partial charge is 0.335 e. The molecule has 0 aromatic heterocycles. The van der Waals surface area contributed by atoms with Crippen molar-refractivity contribution >= 4 is 5.97 Å². The van der Waals surface area contributed by atoms with Crippen molar-refractivity contribution in [1.82, 2.24) is 0 Å². The molecule has 0 aliphatic carbocycles. The first kappa shape index (κ1) is 13.1. The number of aromatic carboxylic acids is 1. The van der Waals surface area contributed by atoms with Crippen LogP contribution in [-0.2, 0) is 0 Å². The van der Waals surface area contributed by atoms with E-state index >= 15 is 0 Å². The first-order valence-corrected chi connectivity index (χ1v) is 5.71. The molecule has 0 atom stereocenters. The lowest BCUT2D eigenvalue weighted by Crippen LogP contribution is -2.00. The Morgan fingerprint density at radius 1 is 1.26 bits per heavy atom. The number of carboxylic acid groups (broad SMARTS) is 1. The van der Waals surface area contributed by atoms with Gasteiger partial charge in [0.2, 0.25) is 0 Å². The van der Waals surface area contributed by atoms with Crippen LogP contribution in [0.1, 0.15) is 15.9 Å². The molecule has 0 fully saturated rings. The van der Waals surface area contributed by atoms with E-state index in [1.807, 2.05) is 0 Å². The van der Waals surface area contributed by atoms with Crippen LogP contribution < -0.4 is 4.74 Å². The predicted octanol–water partition coefficient (Wildman–Crippen LogP) is 3.51. The van der Waals surface area contributed by atoms with Crippen LogP contribution >= 0.6 is 0 Å². The molecule has 0 spiro atoms. The maximum atomic E-state index is 13.8. The minimum atomic E-state index is -1.15. The summed E-state index contributed by atoms with van der Waals surface area (Å²) in [7, 11) is 1.54. The fourth-order valence-corrected chi connectivity index (χ4v) is 1.89. The molecule has 3 nitrogen and oxygen atoms in total. The van der Waals surface area contributed by atoms with Gasteiger partial charge >= 0.3 is 5.97 Å². The highest BCUT2D eigenvalue weighted by Crippen LogP contribution is 2.29. The molecule has 0 aliphatic heterocycles. The monoisotopic (exact) mass is 260 g/mol. The number of rotatable bonds is 3. The fraction of sp³-hybridized carbons (Fsp3) is 0.133. The van der Waals surface area contributed by atoms with E-state index in [1.165, 1.54) is 6.07 Å². The number of carboxylic acids is 1. The van der Waals surface area contributed by atoms with Gasteiger partial charge in [-0.1, -0.05) is 12.1 Å². The van der Waals surface area contributed by atoms with Crippen LogP contribution in [-0.4, -0.2) is 18.2 Å². The van der Waals surface area contributed by atoms with Gasteiger partial charge in [-0.3, -0.25) is 0 Å². The maximum absolute atomic E-state index is 13.8. The van der Waals surface area contributed by atoms with Gasteiger partial charge in [0.25, 0.3) is 0 Å². The lowest BCUT2D eigenvalue weighted by atomic mass is 9.97. The van der Waals surface area contributed by atoms with Crippen LogP contribution in [0.3, 0.4) is 0 Å². The standard InChI is InChI=1S/C15H13FO3/c1-9-13(7-11(15(17)18)8-14(9)16)10-4-3-5-12(6-10)19-2/h3-8H,1-2H3,(H,17,18). The van der Waals surface area contributed by atoms with Crippen LogP contribution in [0.25, 0.3) is 11.1 Å². The molecule has 0 radical (unpaired) electrons. The molecule has 2 aromatic rings. The summed E-state index contributed by atoms with van der Waals surface area (Å²) < 4.78 is 18.9. The van der Waals surface area contributed by atoms with Crippen molar-refractivity contribution in [2.24, 2.45) is 0 Å². The summed E-state index contributed by atoms with van der Waals surface area (Å²) in [5, 5.41) is 8.98. The molecule has 2 rings (SSSR count). The van der Waals surface area contributed by atoms with Crippen molar-refractivity contribution in [3.05, 3.63) is 53.3 Å². The number of halogens is 1. The lowest BCUT2D eigenvalue weighted by molar-refractivity contribution is 0.0696. The Kier molecular flexibility index (Phi) is 3.51. The number of hydrogen-bond donors (Lipinski definition) is 1. The minimum absolute atomic E-state index is 0.0686. The third-order valence-corrected chi connectivity index (χ3v) is 2.97. The van der Waals surface area contributed by atoms with Crippen molar-refractivity contribution in [3.8, 4) is 16.9 Å². The topological polar surface area (TPSA) is 46.5 Å². The molecule has 0 amide bonds. The molecule has 0 saturated carbocycles. The van der Waals surface area contributed by atoms with Gasteiger partial charge < -0.3 is 9.84 Å². The second-order valence-electron chi connectivity index (χ2n) is 4.17. The number of ether oxygens (including phenoxy) is 1. The van der Waals surface area contributed by atoms with Crippen molar-refractivity contribution in [2.75, 3.05) is 7.11 Å². The number of hydrogen-bond acceptors (Lipinski definition) is 2. The van der Waals surface area contributed by atoms with Gasteiger partial charge in [-0.25, -0.2) is 9.18 Å². The lowest BCUT2D eigenvalue weighted by Gasteiger charge is -2.10. The van der Waals surface area contributed by atoms with E-state index in [1.54, 1.807) is 38.3 Å². The van der Waals surface area contributed by atoms with Gasteiger partial charge in [0.05, 0.1) is 12.7 Å². The average Bonchev–Trinajstić information content (AvgIpc) is 2.41. The average molecular weight is 260 g/mol. The summed E-state index contributed by atoms with van der Waals surface area (Å²) in [5.41, 5.74) is 1.62. The van der Waals surface area contributed by atoms with Gasteiger partial charge in [0, 0.05) is 0 Å². The highest BCUT2D eigenvalue weighted by atomic mass is 19.1. The summed E-state index contributed by atoms with van der Waals surface area (Å²) in [6.45, 7) is 1.62. The van der Waals surface area contributed by atoms with E-state index in [9.17, 15) is 9.18 Å². The molecule has 0 aliphatic rings. The molecule has 4 heteroatoms. The van der Waals surface area contributed by atoms with Gasteiger partial charge in [0.15, 0.2) is 0 Å².